The van der Waals surface area contributed by atoms with Crippen LogP contribution in [0.4, 0.5) is 5.13 Å². The van der Waals surface area contributed by atoms with Crippen LogP contribution in [0.2, 0.25) is 0 Å². The van der Waals surface area contributed by atoms with E-state index in [-0.39, 0.29) is 0 Å². The Balaban J connectivity index is 2.02. The zero-order valence-electron chi connectivity index (χ0n) is 12.7. The molecule has 0 atom stereocenters. The number of aryl methyl sites for hydroxylation is 4. The van der Waals surface area contributed by atoms with Gasteiger partial charge in [0.2, 0.25) is 0 Å². The average molecular weight is 353 g/mol. The van der Waals surface area contributed by atoms with Crippen LogP contribution in [0, 0.1) is 27.7 Å². The van der Waals surface area contributed by atoms with E-state index in [2.05, 4.69) is 9.71 Å². The molecular formula is C15H16N2O2S3. The highest BCUT2D eigenvalue weighted by Crippen LogP contribution is 2.32. The molecule has 3 rings (SSSR count). The van der Waals surface area contributed by atoms with Gasteiger partial charge in [0.25, 0.3) is 10.0 Å². The van der Waals surface area contributed by atoms with E-state index in [1.807, 2.05) is 39.8 Å². The summed E-state index contributed by atoms with van der Waals surface area (Å²) in [7, 11) is -3.59. The minimum Gasteiger partial charge on any atom is -0.255 e. The van der Waals surface area contributed by atoms with Crippen molar-refractivity contribution in [3.05, 3.63) is 39.1 Å². The van der Waals surface area contributed by atoms with E-state index in [1.165, 1.54) is 22.7 Å². The van der Waals surface area contributed by atoms with Crippen molar-refractivity contribution >= 4 is 48.0 Å². The van der Waals surface area contributed by atoms with Crippen molar-refractivity contribution in [1.29, 1.82) is 0 Å². The third-order valence-electron chi connectivity index (χ3n) is 3.34. The Hall–Kier alpha value is -1.44. The molecule has 0 radical (unpaired) electrons. The molecule has 0 saturated heterocycles. The first-order valence-corrected chi connectivity index (χ1v) is 9.85. The summed E-state index contributed by atoms with van der Waals surface area (Å²) < 4.78 is 28.7. The minimum atomic E-state index is -3.59. The van der Waals surface area contributed by atoms with Gasteiger partial charge in [-0.3, -0.25) is 4.72 Å². The average Bonchev–Trinajstić information content (AvgIpc) is 2.92. The topological polar surface area (TPSA) is 59.1 Å². The van der Waals surface area contributed by atoms with Crippen LogP contribution >= 0.6 is 22.7 Å². The number of benzene rings is 1. The standard InChI is InChI=1S/C15H16N2O2S3/c1-8-5-9(2)14-12(6-8)21-15(16-14)17-22(18,19)13-7-10(3)20-11(13)4/h5-7H,1-4H3,(H,16,17). The number of nitrogens with zero attached hydrogens (tertiary/aromatic N) is 1. The molecule has 22 heavy (non-hydrogen) atoms. The van der Waals surface area contributed by atoms with Gasteiger partial charge in [0, 0.05) is 9.75 Å². The molecule has 1 aromatic carbocycles. The molecule has 0 aliphatic rings. The lowest BCUT2D eigenvalue weighted by Gasteiger charge is -2.03. The Morgan fingerprint density at radius 3 is 2.41 bits per heavy atom. The van der Waals surface area contributed by atoms with Crippen LogP contribution in [-0.4, -0.2) is 13.4 Å². The summed E-state index contributed by atoms with van der Waals surface area (Å²) in [5, 5.41) is 0.409. The van der Waals surface area contributed by atoms with Gasteiger partial charge in [-0.1, -0.05) is 17.4 Å². The number of thiazole rings is 1. The molecule has 0 aliphatic carbocycles. The molecule has 0 bridgehead atoms. The lowest BCUT2D eigenvalue weighted by atomic mass is 10.1. The highest BCUT2D eigenvalue weighted by Gasteiger charge is 2.21. The number of rotatable bonds is 3. The first kappa shape index (κ1) is 15.5. The van der Waals surface area contributed by atoms with Crippen LogP contribution in [0.15, 0.2) is 23.1 Å². The zero-order valence-corrected chi connectivity index (χ0v) is 15.2. The molecule has 0 unspecified atom stereocenters. The number of aromatic nitrogens is 1. The molecule has 4 nitrogen and oxygen atoms in total. The van der Waals surface area contributed by atoms with Gasteiger partial charge in [-0.05, 0) is 51.0 Å². The lowest BCUT2D eigenvalue weighted by Crippen LogP contribution is -2.12. The van der Waals surface area contributed by atoms with E-state index >= 15 is 0 Å². The van der Waals surface area contributed by atoms with Gasteiger partial charge < -0.3 is 0 Å². The summed E-state index contributed by atoms with van der Waals surface area (Å²) in [5.41, 5.74) is 3.05. The second-order valence-corrected chi connectivity index (χ2v) is 9.47. The molecule has 7 heteroatoms. The number of fused-ring (bicyclic) bond motifs is 1. The highest BCUT2D eigenvalue weighted by molar-refractivity contribution is 7.93. The summed E-state index contributed by atoms with van der Waals surface area (Å²) in [6.45, 7) is 7.73. The summed E-state index contributed by atoms with van der Waals surface area (Å²) in [6.07, 6.45) is 0. The predicted molar refractivity (Wildman–Crippen MR) is 93.7 cm³/mol. The summed E-state index contributed by atoms with van der Waals surface area (Å²) in [6, 6.07) is 5.77. The van der Waals surface area contributed by atoms with E-state index in [0.29, 0.717) is 10.0 Å². The molecule has 3 aromatic rings. The Kier molecular flexibility index (Phi) is 3.74. The first-order valence-electron chi connectivity index (χ1n) is 6.74. The maximum absolute atomic E-state index is 12.5. The molecular weight excluding hydrogens is 336 g/mol. The summed E-state index contributed by atoms with van der Waals surface area (Å²) >= 11 is 2.84. The van der Waals surface area contributed by atoms with Gasteiger partial charge in [0.15, 0.2) is 5.13 Å². The van der Waals surface area contributed by atoms with Crippen molar-refractivity contribution in [2.45, 2.75) is 32.6 Å². The largest absolute Gasteiger partial charge is 0.264 e. The fourth-order valence-corrected chi connectivity index (χ4v) is 6.29. The number of sulfonamides is 1. The van der Waals surface area contributed by atoms with Crippen molar-refractivity contribution in [1.82, 2.24) is 4.98 Å². The van der Waals surface area contributed by atoms with Crippen molar-refractivity contribution in [3.8, 4) is 0 Å². The number of thiophene rings is 1. The number of hydrogen-bond donors (Lipinski definition) is 1. The second-order valence-electron chi connectivity index (χ2n) is 5.33. The zero-order chi connectivity index (χ0) is 16.1. The van der Waals surface area contributed by atoms with E-state index in [0.717, 1.165) is 31.1 Å². The van der Waals surface area contributed by atoms with E-state index < -0.39 is 10.0 Å². The van der Waals surface area contributed by atoms with Crippen LogP contribution in [-0.2, 0) is 10.0 Å². The molecule has 0 saturated carbocycles. The van der Waals surface area contributed by atoms with Gasteiger partial charge in [-0.2, -0.15) is 0 Å². The number of hydrogen-bond acceptors (Lipinski definition) is 5. The molecule has 0 fully saturated rings. The Morgan fingerprint density at radius 1 is 1.05 bits per heavy atom. The Bertz CT molecular complexity index is 968. The number of nitrogens with one attached hydrogen (secondary N) is 1. The number of anilines is 1. The Morgan fingerprint density at radius 2 is 1.77 bits per heavy atom. The first-order chi connectivity index (χ1) is 10.3. The smallest absolute Gasteiger partial charge is 0.255 e. The minimum absolute atomic E-state index is 0.335. The molecule has 116 valence electrons. The van der Waals surface area contributed by atoms with Crippen molar-refractivity contribution in [3.63, 3.8) is 0 Å². The fourth-order valence-electron chi connectivity index (χ4n) is 2.46. The normalized spacial score (nSPS) is 12.0. The van der Waals surface area contributed by atoms with E-state index in [9.17, 15) is 8.42 Å². The van der Waals surface area contributed by atoms with Gasteiger partial charge in [-0.25, -0.2) is 13.4 Å². The maximum atomic E-state index is 12.5. The molecule has 1 N–H and O–H groups in total. The van der Waals surface area contributed by atoms with Crippen molar-refractivity contribution in [2.75, 3.05) is 4.72 Å². The molecule has 0 aliphatic heterocycles. The van der Waals surface area contributed by atoms with Crippen LogP contribution in [0.5, 0.6) is 0 Å². The lowest BCUT2D eigenvalue weighted by molar-refractivity contribution is 0.601. The summed E-state index contributed by atoms with van der Waals surface area (Å²) in [5.74, 6) is 0. The van der Waals surface area contributed by atoms with Crippen molar-refractivity contribution < 1.29 is 8.42 Å². The third-order valence-corrected chi connectivity index (χ3v) is 6.94. The van der Waals surface area contributed by atoms with Gasteiger partial charge in [-0.15, -0.1) is 11.3 Å². The third kappa shape index (κ3) is 2.76. The predicted octanol–water partition coefficient (Wildman–Crippen LogP) is 4.39. The molecule has 2 aromatic heterocycles. The molecule has 0 spiro atoms. The van der Waals surface area contributed by atoms with Gasteiger partial charge in [0.1, 0.15) is 4.90 Å². The van der Waals surface area contributed by atoms with E-state index in [1.54, 1.807) is 6.07 Å². The monoisotopic (exact) mass is 352 g/mol. The second kappa shape index (κ2) is 5.33. The fraction of sp³-hybridized carbons (Fsp3) is 0.267. The van der Waals surface area contributed by atoms with Crippen LogP contribution < -0.4 is 4.72 Å². The van der Waals surface area contributed by atoms with Crippen LogP contribution in [0.25, 0.3) is 10.2 Å². The van der Waals surface area contributed by atoms with Gasteiger partial charge in [0.05, 0.1) is 10.2 Å². The van der Waals surface area contributed by atoms with Crippen LogP contribution in [0.1, 0.15) is 20.9 Å². The van der Waals surface area contributed by atoms with Crippen LogP contribution in [0.3, 0.4) is 0 Å². The summed E-state index contributed by atoms with van der Waals surface area (Å²) in [4.78, 5) is 6.54. The van der Waals surface area contributed by atoms with E-state index in [4.69, 9.17) is 0 Å². The molecule has 0 amide bonds. The molecule has 2 heterocycles. The van der Waals surface area contributed by atoms with Gasteiger partial charge >= 0.3 is 0 Å². The van der Waals surface area contributed by atoms with Crippen molar-refractivity contribution in [2.24, 2.45) is 0 Å². The highest BCUT2D eigenvalue weighted by atomic mass is 32.2. The SMILES string of the molecule is Cc1cc(C)c2nc(NS(=O)(=O)c3cc(C)sc3C)sc2c1. The quantitative estimate of drug-likeness (QED) is 0.760. The Labute approximate surface area is 137 Å². The maximum Gasteiger partial charge on any atom is 0.264 e.